The molecular formula is C30H24F2N2O5S. The Labute approximate surface area is 231 Å². The summed E-state index contributed by atoms with van der Waals surface area (Å²) in [5.41, 5.74) is 2.23. The molecule has 0 saturated carbocycles. The topological polar surface area (TPSA) is 79.1 Å². The van der Waals surface area contributed by atoms with E-state index in [2.05, 4.69) is 4.74 Å². The van der Waals surface area contributed by atoms with Crippen LogP contribution in [0, 0.1) is 0 Å². The first-order valence-corrected chi connectivity index (χ1v) is 13.2. The molecule has 204 valence electrons. The van der Waals surface area contributed by atoms with Gasteiger partial charge < -0.3 is 14.2 Å². The summed E-state index contributed by atoms with van der Waals surface area (Å²) >= 11 is 1.16. The van der Waals surface area contributed by atoms with Crippen molar-refractivity contribution < 1.29 is 27.8 Å². The maximum absolute atomic E-state index is 13.9. The maximum atomic E-state index is 13.9. The van der Waals surface area contributed by atoms with Crippen LogP contribution in [-0.4, -0.2) is 30.9 Å². The third-order valence-corrected chi connectivity index (χ3v) is 7.17. The van der Waals surface area contributed by atoms with Gasteiger partial charge >= 0.3 is 12.6 Å². The molecule has 1 aliphatic rings. The minimum absolute atomic E-state index is 0.0122. The molecule has 0 unspecified atom stereocenters. The molecule has 0 aliphatic carbocycles. The lowest BCUT2D eigenvalue weighted by Gasteiger charge is -2.26. The molecule has 3 aromatic carbocycles. The lowest BCUT2D eigenvalue weighted by atomic mass is 9.93. The molecule has 0 N–H and O–H groups in total. The van der Waals surface area contributed by atoms with Crippen LogP contribution < -0.4 is 24.4 Å². The first-order valence-electron chi connectivity index (χ1n) is 12.4. The SMILES string of the molecule is CCOC(=O)C1=C(c2ccccc2)N=c2s/c(=C/c3ccc(OC(F)F)cc3)c(=O)n2[C@@H]1c1cccc(OC)c1. The summed E-state index contributed by atoms with van der Waals surface area (Å²) in [5, 5.41) is 0. The van der Waals surface area contributed by atoms with Crippen molar-refractivity contribution >= 4 is 29.1 Å². The highest BCUT2D eigenvalue weighted by Crippen LogP contribution is 2.36. The van der Waals surface area contributed by atoms with Crippen molar-refractivity contribution in [1.29, 1.82) is 0 Å². The summed E-state index contributed by atoms with van der Waals surface area (Å²) in [7, 11) is 1.54. The Hall–Kier alpha value is -4.57. The lowest BCUT2D eigenvalue weighted by molar-refractivity contribution is -0.138. The highest BCUT2D eigenvalue weighted by atomic mass is 32.1. The van der Waals surface area contributed by atoms with E-state index in [4.69, 9.17) is 14.5 Å². The Kier molecular flexibility index (Phi) is 7.88. The number of ether oxygens (including phenoxy) is 3. The van der Waals surface area contributed by atoms with Gasteiger partial charge in [-0.05, 0) is 48.4 Å². The number of fused-ring (bicyclic) bond motifs is 1. The Bertz CT molecular complexity index is 1750. The van der Waals surface area contributed by atoms with Crippen molar-refractivity contribution in [3.05, 3.63) is 121 Å². The van der Waals surface area contributed by atoms with Gasteiger partial charge in [0.05, 0.1) is 35.6 Å². The van der Waals surface area contributed by atoms with Gasteiger partial charge in [0, 0.05) is 5.56 Å². The molecule has 10 heteroatoms. The molecule has 0 bridgehead atoms. The van der Waals surface area contributed by atoms with Gasteiger partial charge in [-0.1, -0.05) is 65.9 Å². The molecule has 1 aromatic heterocycles. The summed E-state index contributed by atoms with van der Waals surface area (Å²) in [6, 6.07) is 21.5. The van der Waals surface area contributed by atoms with E-state index in [0.717, 1.165) is 11.3 Å². The number of thiazole rings is 1. The first-order chi connectivity index (χ1) is 19.4. The van der Waals surface area contributed by atoms with Gasteiger partial charge in [0.15, 0.2) is 4.80 Å². The summed E-state index contributed by atoms with van der Waals surface area (Å²) in [6.07, 6.45) is 1.65. The Morgan fingerprint density at radius 2 is 1.80 bits per heavy atom. The molecule has 7 nitrogen and oxygen atoms in total. The monoisotopic (exact) mass is 562 g/mol. The number of halogens is 2. The number of benzene rings is 3. The molecule has 0 saturated heterocycles. The van der Waals surface area contributed by atoms with Crippen molar-refractivity contribution in [3.8, 4) is 11.5 Å². The largest absolute Gasteiger partial charge is 0.497 e. The molecule has 0 radical (unpaired) electrons. The average Bonchev–Trinajstić information content (AvgIpc) is 3.27. The van der Waals surface area contributed by atoms with Crippen LogP contribution in [-0.2, 0) is 9.53 Å². The third kappa shape index (κ3) is 5.43. The minimum Gasteiger partial charge on any atom is -0.497 e. The fourth-order valence-electron chi connectivity index (χ4n) is 4.46. The Morgan fingerprint density at radius 1 is 1.05 bits per heavy atom. The van der Waals surface area contributed by atoms with Crippen LogP contribution in [0.25, 0.3) is 11.8 Å². The van der Waals surface area contributed by atoms with Gasteiger partial charge in [0.1, 0.15) is 11.5 Å². The van der Waals surface area contributed by atoms with Crippen molar-refractivity contribution in [1.82, 2.24) is 4.57 Å². The second kappa shape index (κ2) is 11.7. The van der Waals surface area contributed by atoms with Gasteiger partial charge in [-0.15, -0.1) is 0 Å². The van der Waals surface area contributed by atoms with Crippen molar-refractivity contribution in [3.63, 3.8) is 0 Å². The number of esters is 1. The van der Waals surface area contributed by atoms with E-state index < -0.39 is 18.6 Å². The average molecular weight is 563 g/mol. The van der Waals surface area contributed by atoms with Crippen molar-refractivity contribution in [2.75, 3.05) is 13.7 Å². The van der Waals surface area contributed by atoms with Crippen LogP contribution in [0.15, 0.2) is 94.2 Å². The lowest BCUT2D eigenvalue weighted by Crippen LogP contribution is -2.40. The molecule has 0 amide bonds. The van der Waals surface area contributed by atoms with Crippen molar-refractivity contribution in [2.45, 2.75) is 19.6 Å². The first kappa shape index (κ1) is 27.0. The maximum Gasteiger partial charge on any atom is 0.387 e. The Balaban J connectivity index is 1.75. The molecule has 40 heavy (non-hydrogen) atoms. The second-order valence-corrected chi connectivity index (χ2v) is 9.66. The predicted octanol–water partition coefficient (Wildman–Crippen LogP) is 4.55. The number of alkyl halides is 2. The Morgan fingerprint density at radius 3 is 2.48 bits per heavy atom. The zero-order valence-corrected chi connectivity index (χ0v) is 22.4. The molecule has 1 atom stereocenters. The number of nitrogens with zero attached hydrogens (tertiary/aromatic N) is 2. The summed E-state index contributed by atoms with van der Waals surface area (Å²) < 4.78 is 42.2. The fraction of sp³-hybridized carbons (Fsp3) is 0.167. The molecule has 1 aliphatic heterocycles. The smallest absolute Gasteiger partial charge is 0.387 e. The number of aromatic nitrogens is 1. The normalized spacial score (nSPS) is 15.0. The van der Waals surface area contributed by atoms with Gasteiger partial charge in [-0.25, -0.2) is 9.79 Å². The van der Waals surface area contributed by atoms with Gasteiger partial charge in [0.2, 0.25) is 0 Å². The minimum atomic E-state index is -2.93. The quantitative estimate of drug-likeness (QED) is 0.295. The number of hydrogen-bond donors (Lipinski definition) is 0. The van der Waals surface area contributed by atoms with Crippen LogP contribution in [0.4, 0.5) is 8.78 Å². The van der Waals surface area contributed by atoms with Gasteiger partial charge in [0.25, 0.3) is 5.56 Å². The number of rotatable bonds is 8. The highest BCUT2D eigenvalue weighted by molar-refractivity contribution is 7.07. The molecule has 0 fully saturated rings. The zero-order chi connectivity index (χ0) is 28.2. The van der Waals surface area contributed by atoms with Gasteiger partial charge in [-0.3, -0.25) is 9.36 Å². The number of carbonyl (C=O) groups excluding carboxylic acids is 1. The zero-order valence-electron chi connectivity index (χ0n) is 21.5. The van der Waals surface area contributed by atoms with E-state index in [1.165, 1.54) is 16.7 Å². The van der Waals surface area contributed by atoms with Crippen LogP contribution in [0.1, 0.15) is 29.7 Å². The van der Waals surface area contributed by atoms with Crippen LogP contribution >= 0.6 is 11.3 Å². The number of carbonyl (C=O) groups is 1. The highest BCUT2D eigenvalue weighted by Gasteiger charge is 2.35. The van der Waals surface area contributed by atoms with Gasteiger partial charge in [-0.2, -0.15) is 8.78 Å². The molecule has 2 heterocycles. The summed E-state index contributed by atoms with van der Waals surface area (Å²) in [6.45, 7) is -1.07. The molecule has 0 spiro atoms. The van der Waals surface area contributed by atoms with Crippen LogP contribution in [0.2, 0.25) is 0 Å². The van der Waals surface area contributed by atoms with E-state index in [9.17, 15) is 18.4 Å². The molecule has 4 aromatic rings. The summed E-state index contributed by atoms with van der Waals surface area (Å²) in [4.78, 5) is 32.6. The second-order valence-electron chi connectivity index (χ2n) is 8.66. The molecular weight excluding hydrogens is 538 g/mol. The van der Waals surface area contributed by atoms with Crippen LogP contribution in [0.3, 0.4) is 0 Å². The summed E-state index contributed by atoms with van der Waals surface area (Å²) in [5.74, 6) is -0.00718. The van der Waals surface area contributed by atoms with E-state index in [1.54, 1.807) is 50.4 Å². The van der Waals surface area contributed by atoms with Crippen molar-refractivity contribution in [2.24, 2.45) is 4.99 Å². The molecule has 5 rings (SSSR count). The number of hydrogen-bond acceptors (Lipinski definition) is 7. The predicted molar refractivity (Wildman–Crippen MR) is 147 cm³/mol. The third-order valence-electron chi connectivity index (χ3n) is 6.19. The van der Waals surface area contributed by atoms with E-state index in [-0.39, 0.29) is 23.5 Å². The van der Waals surface area contributed by atoms with Crippen LogP contribution in [0.5, 0.6) is 11.5 Å². The van der Waals surface area contributed by atoms with E-state index in [1.807, 2.05) is 36.4 Å². The standard InChI is InChI=1S/C30H24F2N2O5S/c1-3-38-28(36)24-25(19-8-5-4-6-9-19)33-30-34(26(24)20-10-7-11-22(17-20)37-2)27(35)23(40-30)16-18-12-14-21(15-13-18)39-29(31)32/h4-17,26,29H,3H2,1-2H3/b23-16+/t26-/m1/s1. The fourth-order valence-corrected chi connectivity index (χ4v) is 5.47. The number of methoxy groups -OCH3 is 1. The van der Waals surface area contributed by atoms with E-state index in [0.29, 0.717) is 37.5 Å². The van der Waals surface area contributed by atoms with E-state index >= 15 is 0 Å².